The van der Waals surface area contributed by atoms with Crippen molar-refractivity contribution >= 4 is 23.2 Å². The first-order chi connectivity index (χ1) is 15.9. The Labute approximate surface area is 211 Å². The van der Waals surface area contributed by atoms with Gasteiger partial charge in [-0.05, 0) is 88.3 Å². The highest BCUT2D eigenvalue weighted by Gasteiger charge is 2.26. The summed E-state index contributed by atoms with van der Waals surface area (Å²) in [6.45, 7) is 14.0. The molecular formula is C29H42ClN3O. The first kappa shape index (κ1) is 27.9. The van der Waals surface area contributed by atoms with Crippen LogP contribution in [0.25, 0.3) is 0 Å². The van der Waals surface area contributed by atoms with Gasteiger partial charge in [0.1, 0.15) is 0 Å². The lowest BCUT2D eigenvalue weighted by Gasteiger charge is -2.35. The van der Waals surface area contributed by atoms with Crippen LogP contribution in [0.4, 0.5) is 5.69 Å². The predicted molar refractivity (Wildman–Crippen MR) is 147 cm³/mol. The minimum Gasteiger partial charge on any atom is -0.365 e. The van der Waals surface area contributed by atoms with Crippen LogP contribution in [0.2, 0.25) is 5.02 Å². The lowest BCUT2D eigenvalue weighted by atomic mass is 9.99. The Morgan fingerprint density at radius 3 is 2.06 bits per heavy atom. The number of benzene rings is 2. The number of rotatable bonds is 12. The predicted octanol–water partition coefficient (Wildman–Crippen LogP) is 6.17. The first-order valence-electron chi connectivity index (χ1n) is 12.2. The molecule has 0 heterocycles. The normalized spacial score (nSPS) is 12.4. The van der Waals surface area contributed by atoms with E-state index in [9.17, 15) is 4.79 Å². The number of hydrogen-bond donors (Lipinski definition) is 2. The van der Waals surface area contributed by atoms with E-state index in [0.29, 0.717) is 18.9 Å². The first-order valence-corrected chi connectivity index (χ1v) is 12.6. The fraction of sp³-hybridized carbons (Fsp3) is 0.483. The molecule has 0 unspecified atom stereocenters. The molecule has 3 N–H and O–H groups in total. The summed E-state index contributed by atoms with van der Waals surface area (Å²) in [6.07, 6.45) is 4.86. The lowest BCUT2D eigenvalue weighted by molar-refractivity contribution is -0.124. The molecule has 0 spiro atoms. The molecule has 0 aromatic heterocycles. The number of nitrogens with one attached hydrogen (secondary N) is 1. The van der Waals surface area contributed by atoms with Crippen LogP contribution in [0.1, 0.15) is 59.1 Å². The van der Waals surface area contributed by atoms with Gasteiger partial charge in [-0.1, -0.05) is 61.4 Å². The molecule has 0 aliphatic heterocycles. The van der Waals surface area contributed by atoms with Gasteiger partial charge in [0.15, 0.2) is 0 Å². The summed E-state index contributed by atoms with van der Waals surface area (Å²) >= 11 is 5.99. The number of carbonyl (C=O) groups excluding carboxylic acids is 1. The van der Waals surface area contributed by atoms with E-state index in [0.717, 1.165) is 30.1 Å². The van der Waals surface area contributed by atoms with Crippen molar-refractivity contribution in [2.24, 2.45) is 11.7 Å². The minimum absolute atomic E-state index is 0.0848. The van der Waals surface area contributed by atoms with Crippen LogP contribution >= 0.6 is 11.6 Å². The summed E-state index contributed by atoms with van der Waals surface area (Å²) in [7, 11) is 0. The summed E-state index contributed by atoms with van der Waals surface area (Å²) in [5, 5.41) is 3.94. The Bertz CT molecular complexity index is 929. The Hall–Kier alpha value is -2.30. The van der Waals surface area contributed by atoms with Gasteiger partial charge >= 0.3 is 0 Å². The number of nitrogens with zero attached hydrogens (tertiary/aromatic N) is 1. The van der Waals surface area contributed by atoms with Gasteiger partial charge in [-0.3, -0.25) is 4.79 Å². The van der Waals surface area contributed by atoms with E-state index in [2.05, 4.69) is 94.2 Å². The highest BCUT2D eigenvalue weighted by atomic mass is 35.5. The minimum atomic E-state index is -0.481. The zero-order chi connectivity index (χ0) is 25.3. The van der Waals surface area contributed by atoms with E-state index in [1.54, 1.807) is 0 Å². The van der Waals surface area contributed by atoms with Crippen LogP contribution in [0.5, 0.6) is 0 Å². The molecule has 0 fully saturated rings. The van der Waals surface area contributed by atoms with Crippen LogP contribution in [0.15, 0.2) is 60.2 Å². The Morgan fingerprint density at radius 2 is 1.56 bits per heavy atom. The fourth-order valence-electron chi connectivity index (χ4n) is 3.92. The summed E-state index contributed by atoms with van der Waals surface area (Å²) in [4.78, 5) is 15.0. The van der Waals surface area contributed by atoms with Crippen LogP contribution in [0, 0.1) is 5.92 Å². The molecule has 0 aliphatic rings. The molecule has 4 nitrogen and oxygen atoms in total. The van der Waals surface area contributed by atoms with Gasteiger partial charge in [-0.2, -0.15) is 0 Å². The van der Waals surface area contributed by atoms with Gasteiger partial charge in [0, 0.05) is 23.8 Å². The van der Waals surface area contributed by atoms with E-state index >= 15 is 0 Å². The van der Waals surface area contributed by atoms with Crippen LogP contribution in [-0.4, -0.2) is 30.6 Å². The number of amides is 1. The van der Waals surface area contributed by atoms with Crippen molar-refractivity contribution < 1.29 is 4.79 Å². The number of carbonyl (C=O) groups is 1. The van der Waals surface area contributed by atoms with Gasteiger partial charge < -0.3 is 16.0 Å². The zero-order valence-corrected chi connectivity index (χ0v) is 22.5. The second-order valence-corrected chi connectivity index (χ2v) is 11.0. The maximum Gasteiger partial charge on any atom is 0.237 e. The Kier molecular flexibility index (Phi) is 10.7. The number of allylic oxidation sites excluding steroid dienone is 1. The molecule has 0 saturated heterocycles. The van der Waals surface area contributed by atoms with Crippen molar-refractivity contribution in [2.75, 3.05) is 18.0 Å². The molecule has 0 saturated carbocycles. The molecule has 186 valence electrons. The van der Waals surface area contributed by atoms with Crippen LogP contribution in [0.3, 0.4) is 0 Å². The fourth-order valence-corrected chi connectivity index (χ4v) is 4.05. The number of anilines is 1. The maximum atomic E-state index is 12.7. The van der Waals surface area contributed by atoms with Gasteiger partial charge in [0.25, 0.3) is 0 Å². The molecule has 5 heteroatoms. The van der Waals surface area contributed by atoms with E-state index in [1.807, 2.05) is 12.1 Å². The smallest absolute Gasteiger partial charge is 0.237 e. The number of nitrogens with two attached hydrogens (primary N) is 1. The molecule has 0 radical (unpaired) electrons. The van der Waals surface area contributed by atoms with Crippen molar-refractivity contribution in [3.8, 4) is 0 Å². The molecule has 1 atom stereocenters. The second kappa shape index (κ2) is 13.0. The molecule has 0 aliphatic carbocycles. The average Bonchev–Trinajstić information content (AvgIpc) is 2.75. The Balaban J connectivity index is 2.08. The number of hydrogen-bond acceptors (Lipinski definition) is 3. The van der Waals surface area contributed by atoms with Crippen molar-refractivity contribution in [3.05, 3.63) is 76.3 Å². The highest BCUT2D eigenvalue weighted by Crippen LogP contribution is 2.20. The zero-order valence-electron chi connectivity index (χ0n) is 21.7. The van der Waals surface area contributed by atoms with Crippen molar-refractivity contribution in [1.29, 1.82) is 0 Å². The SMILES string of the molecule is CC(C)=CCN(CC(C)(C)NC(=O)[C@@H](N)CC(C)C)c1ccc(CCc2ccc(Cl)cc2)cc1. The second-order valence-electron chi connectivity index (χ2n) is 10.6. The topological polar surface area (TPSA) is 58.4 Å². The van der Waals surface area contributed by atoms with E-state index < -0.39 is 11.6 Å². The standard InChI is InChI=1S/C29H42ClN3O/c1-21(2)17-18-33(20-29(5,6)32-28(34)27(31)19-22(3)4)26-15-11-24(12-16-26)8-7-23-9-13-25(30)14-10-23/h9-17,22,27H,7-8,18-20,31H2,1-6H3,(H,32,34)/t27-/m0/s1. The molecule has 2 rings (SSSR count). The van der Waals surface area contributed by atoms with Gasteiger partial charge in [0.05, 0.1) is 11.6 Å². The van der Waals surface area contributed by atoms with Gasteiger partial charge in [0.2, 0.25) is 5.91 Å². The quantitative estimate of drug-likeness (QED) is 0.355. The summed E-state index contributed by atoms with van der Waals surface area (Å²) in [6, 6.07) is 16.3. The third-order valence-electron chi connectivity index (χ3n) is 5.75. The van der Waals surface area contributed by atoms with Gasteiger partial charge in [-0.25, -0.2) is 0 Å². The monoisotopic (exact) mass is 483 g/mol. The summed E-state index contributed by atoms with van der Waals surface area (Å²) < 4.78 is 0. The number of halogens is 1. The summed E-state index contributed by atoms with van der Waals surface area (Å²) in [5.41, 5.74) is 10.7. The van der Waals surface area contributed by atoms with Crippen LogP contribution in [-0.2, 0) is 17.6 Å². The van der Waals surface area contributed by atoms with Gasteiger partial charge in [-0.15, -0.1) is 0 Å². The van der Waals surface area contributed by atoms with Crippen molar-refractivity contribution in [3.63, 3.8) is 0 Å². The van der Waals surface area contributed by atoms with E-state index in [-0.39, 0.29) is 5.91 Å². The van der Waals surface area contributed by atoms with E-state index in [1.165, 1.54) is 16.7 Å². The van der Waals surface area contributed by atoms with E-state index in [4.69, 9.17) is 17.3 Å². The Morgan fingerprint density at radius 1 is 1.03 bits per heavy atom. The largest absolute Gasteiger partial charge is 0.365 e. The van der Waals surface area contributed by atoms with Crippen molar-refractivity contribution in [1.82, 2.24) is 5.32 Å². The molecule has 0 bridgehead atoms. The summed E-state index contributed by atoms with van der Waals surface area (Å²) in [5.74, 6) is 0.301. The molecule has 2 aromatic rings. The third-order valence-corrected chi connectivity index (χ3v) is 6.00. The third kappa shape index (κ3) is 9.90. The average molecular weight is 484 g/mol. The lowest BCUT2D eigenvalue weighted by Crippen LogP contribution is -2.55. The highest BCUT2D eigenvalue weighted by molar-refractivity contribution is 6.30. The maximum absolute atomic E-state index is 12.7. The van der Waals surface area contributed by atoms with Crippen molar-refractivity contribution in [2.45, 2.75) is 72.4 Å². The molecule has 1 amide bonds. The molecule has 2 aromatic carbocycles. The number of aryl methyl sites for hydroxylation is 2. The molecular weight excluding hydrogens is 442 g/mol. The van der Waals surface area contributed by atoms with Crippen LogP contribution < -0.4 is 16.0 Å². The molecule has 34 heavy (non-hydrogen) atoms.